The van der Waals surface area contributed by atoms with Crippen LogP contribution in [0.5, 0.6) is 0 Å². The highest BCUT2D eigenvalue weighted by Crippen LogP contribution is 2.43. The van der Waals surface area contributed by atoms with Gasteiger partial charge in [-0.3, -0.25) is 9.78 Å². The molecule has 0 spiro atoms. The third-order valence-electron chi connectivity index (χ3n) is 3.59. The Bertz CT molecular complexity index is 653. The highest BCUT2D eigenvalue weighted by Gasteiger charge is 2.39. The van der Waals surface area contributed by atoms with Crippen molar-refractivity contribution in [3.8, 4) is 0 Å². The van der Waals surface area contributed by atoms with Gasteiger partial charge in [0.05, 0.1) is 17.6 Å². The van der Waals surface area contributed by atoms with Crippen LogP contribution >= 0.6 is 0 Å². The van der Waals surface area contributed by atoms with Crippen LogP contribution in [0.15, 0.2) is 42.7 Å². The molecule has 3 heterocycles. The van der Waals surface area contributed by atoms with Crippen molar-refractivity contribution in [2.45, 2.75) is 12.5 Å². The second-order valence-electron chi connectivity index (χ2n) is 4.60. The van der Waals surface area contributed by atoms with E-state index in [-0.39, 0.29) is 11.9 Å². The molecular formula is C14H11N3O. The summed E-state index contributed by atoms with van der Waals surface area (Å²) in [5.41, 5.74) is 4.17. The molecule has 2 aromatic rings. The third-order valence-corrected chi connectivity index (χ3v) is 3.59. The van der Waals surface area contributed by atoms with Crippen molar-refractivity contribution in [3.63, 3.8) is 0 Å². The molecule has 0 aliphatic carbocycles. The second kappa shape index (κ2) is 3.32. The van der Waals surface area contributed by atoms with Crippen LogP contribution in [-0.2, 0) is 11.2 Å². The molecule has 0 saturated carbocycles. The normalized spacial score (nSPS) is 19.9. The molecule has 4 nitrogen and oxygen atoms in total. The number of nitrogens with one attached hydrogen (secondary N) is 1. The number of hydrogen-bond acceptors (Lipinski definition) is 3. The number of pyridine rings is 1. The van der Waals surface area contributed by atoms with Crippen LogP contribution in [0.4, 0.5) is 17.1 Å². The first-order valence-electron chi connectivity index (χ1n) is 5.96. The second-order valence-corrected chi connectivity index (χ2v) is 4.60. The number of benzene rings is 1. The fourth-order valence-corrected chi connectivity index (χ4v) is 2.80. The Morgan fingerprint density at radius 3 is 3.06 bits per heavy atom. The first kappa shape index (κ1) is 9.65. The molecule has 0 saturated heterocycles. The number of aromatic nitrogens is 1. The SMILES string of the molecule is O=C1Nc2cnccc2N2c3ccccc3CC12. The minimum atomic E-state index is -0.128. The molecule has 1 amide bonds. The predicted molar refractivity (Wildman–Crippen MR) is 68.9 cm³/mol. The zero-order valence-corrected chi connectivity index (χ0v) is 9.63. The molecule has 88 valence electrons. The lowest BCUT2D eigenvalue weighted by Gasteiger charge is -2.33. The summed E-state index contributed by atoms with van der Waals surface area (Å²) in [6.45, 7) is 0. The molecule has 1 N–H and O–H groups in total. The van der Waals surface area contributed by atoms with Crippen LogP contribution in [0, 0.1) is 0 Å². The van der Waals surface area contributed by atoms with E-state index >= 15 is 0 Å². The standard InChI is InChI=1S/C14H11N3O/c18-14-13-7-9-3-1-2-4-11(9)17(13)12-5-6-15-8-10(12)16-14/h1-6,8,13H,7H2,(H,16,18). The van der Waals surface area contributed by atoms with Gasteiger partial charge in [0.2, 0.25) is 5.91 Å². The minimum Gasteiger partial charge on any atom is -0.327 e. The number of amides is 1. The van der Waals surface area contributed by atoms with E-state index in [1.807, 2.05) is 18.2 Å². The summed E-state index contributed by atoms with van der Waals surface area (Å²) in [6, 6.07) is 10.00. The van der Waals surface area contributed by atoms with E-state index in [0.717, 1.165) is 23.5 Å². The van der Waals surface area contributed by atoms with E-state index in [1.54, 1.807) is 12.4 Å². The van der Waals surface area contributed by atoms with E-state index < -0.39 is 0 Å². The van der Waals surface area contributed by atoms with Crippen LogP contribution in [0.2, 0.25) is 0 Å². The van der Waals surface area contributed by atoms with Gasteiger partial charge in [0.1, 0.15) is 6.04 Å². The van der Waals surface area contributed by atoms with Crippen molar-refractivity contribution in [2.24, 2.45) is 0 Å². The number of fused-ring (bicyclic) bond motifs is 5. The van der Waals surface area contributed by atoms with Crippen molar-refractivity contribution in [1.82, 2.24) is 4.98 Å². The van der Waals surface area contributed by atoms with Gasteiger partial charge in [-0.05, 0) is 17.7 Å². The number of hydrogen-bond donors (Lipinski definition) is 1. The molecular weight excluding hydrogens is 226 g/mol. The number of carbonyl (C=O) groups is 1. The lowest BCUT2D eigenvalue weighted by atomic mass is 10.1. The average Bonchev–Trinajstić information content (AvgIpc) is 2.79. The smallest absolute Gasteiger partial charge is 0.247 e. The number of rotatable bonds is 0. The van der Waals surface area contributed by atoms with Crippen LogP contribution in [0.3, 0.4) is 0 Å². The number of para-hydroxylation sites is 1. The zero-order chi connectivity index (χ0) is 12.1. The van der Waals surface area contributed by atoms with Gasteiger partial charge in [-0.2, -0.15) is 0 Å². The zero-order valence-electron chi connectivity index (χ0n) is 9.63. The van der Waals surface area contributed by atoms with Crippen molar-refractivity contribution in [2.75, 3.05) is 10.2 Å². The van der Waals surface area contributed by atoms with E-state index in [0.29, 0.717) is 0 Å². The molecule has 4 heteroatoms. The largest absolute Gasteiger partial charge is 0.327 e. The predicted octanol–water partition coefficient (Wildman–Crippen LogP) is 2.10. The molecule has 2 aliphatic rings. The number of anilines is 3. The lowest BCUT2D eigenvalue weighted by Crippen LogP contribution is -2.43. The van der Waals surface area contributed by atoms with Gasteiger partial charge in [-0.15, -0.1) is 0 Å². The maximum Gasteiger partial charge on any atom is 0.247 e. The van der Waals surface area contributed by atoms with Gasteiger partial charge in [0.25, 0.3) is 0 Å². The van der Waals surface area contributed by atoms with Crippen molar-refractivity contribution in [3.05, 3.63) is 48.3 Å². The van der Waals surface area contributed by atoms with Crippen molar-refractivity contribution >= 4 is 23.0 Å². The Labute approximate surface area is 104 Å². The fraction of sp³-hybridized carbons (Fsp3) is 0.143. The molecule has 4 rings (SSSR count). The molecule has 0 radical (unpaired) electrons. The van der Waals surface area contributed by atoms with Gasteiger partial charge < -0.3 is 10.2 Å². The van der Waals surface area contributed by atoms with Gasteiger partial charge in [-0.1, -0.05) is 18.2 Å². The summed E-state index contributed by atoms with van der Waals surface area (Å²) < 4.78 is 0. The van der Waals surface area contributed by atoms with Gasteiger partial charge >= 0.3 is 0 Å². The molecule has 2 aliphatic heterocycles. The quantitative estimate of drug-likeness (QED) is 0.763. The molecule has 18 heavy (non-hydrogen) atoms. The lowest BCUT2D eigenvalue weighted by molar-refractivity contribution is -0.117. The molecule has 0 fully saturated rings. The highest BCUT2D eigenvalue weighted by molar-refractivity contribution is 6.07. The Morgan fingerprint density at radius 1 is 1.22 bits per heavy atom. The molecule has 0 bridgehead atoms. The molecule has 1 aromatic heterocycles. The molecule has 1 atom stereocenters. The van der Waals surface area contributed by atoms with Crippen LogP contribution in [0.25, 0.3) is 0 Å². The van der Waals surface area contributed by atoms with E-state index in [4.69, 9.17) is 0 Å². The summed E-state index contributed by atoms with van der Waals surface area (Å²) in [7, 11) is 0. The van der Waals surface area contributed by atoms with Crippen molar-refractivity contribution in [1.29, 1.82) is 0 Å². The monoisotopic (exact) mass is 237 g/mol. The van der Waals surface area contributed by atoms with Gasteiger partial charge in [0.15, 0.2) is 0 Å². The molecule has 1 unspecified atom stereocenters. The maximum absolute atomic E-state index is 12.1. The molecule has 1 aromatic carbocycles. The van der Waals surface area contributed by atoms with Crippen LogP contribution < -0.4 is 10.2 Å². The average molecular weight is 237 g/mol. The first-order valence-corrected chi connectivity index (χ1v) is 5.96. The van der Waals surface area contributed by atoms with Crippen molar-refractivity contribution < 1.29 is 4.79 Å². The summed E-state index contributed by atoms with van der Waals surface area (Å²) in [5, 5.41) is 2.92. The first-order chi connectivity index (χ1) is 8.84. The van der Waals surface area contributed by atoms with Crippen LogP contribution in [0.1, 0.15) is 5.56 Å². The Kier molecular flexibility index (Phi) is 1.78. The van der Waals surface area contributed by atoms with Crippen LogP contribution in [-0.4, -0.2) is 16.9 Å². The number of carbonyl (C=O) groups excluding carboxylic acids is 1. The Balaban J connectivity index is 1.96. The van der Waals surface area contributed by atoms with Gasteiger partial charge in [-0.25, -0.2) is 0 Å². The summed E-state index contributed by atoms with van der Waals surface area (Å²) in [5.74, 6) is 0.0479. The Hall–Kier alpha value is -2.36. The van der Waals surface area contributed by atoms with E-state index in [1.165, 1.54) is 5.56 Å². The minimum absolute atomic E-state index is 0.0479. The summed E-state index contributed by atoms with van der Waals surface area (Å²) >= 11 is 0. The Morgan fingerprint density at radius 2 is 2.11 bits per heavy atom. The maximum atomic E-state index is 12.1. The van der Waals surface area contributed by atoms with E-state index in [9.17, 15) is 4.79 Å². The topological polar surface area (TPSA) is 45.2 Å². The van der Waals surface area contributed by atoms with Gasteiger partial charge in [0, 0.05) is 18.3 Å². The summed E-state index contributed by atoms with van der Waals surface area (Å²) in [6.07, 6.45) is 4.22. The fourth-order valence-electron chi connectivity index (χ4n) is 2.80. The third kappa shape index (κ3) is 1.14. The number of nitrogens with zero attached hydrogens (tertiary/aromatic N) is 2. The highest BCUT2D eigenvalue weighted by atomic mass is 16.2. The summed E-state index contributed by atoms with van der Waals surface area (Å²) in [4.78, 5) is 18.3. The van der Waals surface area contributed by atoms with E-state index in [2.05, 4.69) is 27.3 Å².